The Bertz CT molecular complexity index is 588. The van der Waals surface area contributed by atoms with Crippen molar-refractivity contribution < 1.29 is 0 Å². The Balaban J connectivity index is 1.80. The predicted molar refractivity (Wildman–Crippen MR) is 84.7 cm³/mol. The maximum absolute atomic E-state index is 6.55. The zero-order valence-electron chi connectivity index (χ0n) is 12.2. The Morgan fingerprint density at radius 2 is 1.90 bits per heavy atom. The fourth-order valence-corrected chi connectivity index (χ4v) is 3.33. The Morgan fingerprint density at radius 1 is 1.10 bits per heavy atom. The van der Waals surface area contributed by atoms with Crippen molar-refractivity contribution in [2.45, 2.75) is 38.6 Å². The maximum Gasteiger partial charge on any atom is 0.0326 e. The van der Waals surface area contributed by atoms with Crippen LogP contribution in [0.1, 0.15) is 41.6 Å². The molecule has 20 heavy (non-hydrogen) atoms. The molecule has 1 heteroatoms. The summed E-state index contributed by atoms with van der Waals surface area (Å²) in [4.78, 5) is 0. The highest BCUT2D eigenvalue weighted by Crippen LogP contribution is 2.33. The standard InChI is InChI=1S/C19H23N/c1-2-14-6-5-9-17(12-14)19(20)18-11-10-15-7-3-4-8-16(15)13-18/h3-9,12,18-19H,2,10-11,13,20H2,1H3. The zero-order valence-corrected chi connectivity index (χ0v) is 12.2. The SMILES string of the molecule is CCc1cccc(C(N)C2CCc3ccccc3C2)c1. The van der Waals surface area contributed by atoms with Crippen LogP contribution in [0.5, 0.6) is 0 Å². The van der Waals surface area contributed by atoms with E-state index in [-0.39, 0.29) is 6.04 Å². The first kappa shape index (κ1) is 13.4. The Kier molecular flexibility index (Phi) is 3.88. The number of benzene rings is 2. The molecular formula is C19H23N. The number of hydrogen-bond donors (Lipinski definition) is 1. The molecule has 2 unspecified atom stereocenters. The first-order chi connectivity index (χ1) is 9.78. The molecule has 0 spiro atoms. The highest BCUT2D eigenvalue weighted by Gasteiger charge is 2.24. The molecule has 0 bridgehead atoms. The van der Waals surface area contributed by atoms with Crippen molar-refractivity contribution in [1.82, 2.24) is 0 Å². The average Bonchev–Trinajstić information content (AvgIpc) is 2.53. The second-order valence-electron chi connectivity index (χ2n) is 5.90. The topological polar surface area (TPSA) is 26.0 Å². The molecule has 1 aliphatic rings. The number of hydrogen-bond acceptors (Lipinski definition) is 1. The van der Waals surface area contributed by atoms with E-state index in [2.05, 4.69) is 55.5 Å². The van der Waals surface area contributed by atoms with Gasteiger partial charge in [0.1, 0.15) is 0 Å². The van der Waals surface area contributed by atoms with Crippen LogP contribution in [0.4, 0.5) is 0 Å². The summed E-state index contributed by atoms with van der Waals surface area (Å²) in [5.41, 5.74) is 12.2. The summed E-state index contributed by atoms with van der Waals surface area (Å²) >= 11 is 0. The van der Waals surface area contributed by atoms with Crippen molar-refractivity contribution in [2.24, 2.45) is 11.7 Å². The molecule has 0 amide bonds. The molecule has 1 nitrogen and oxygen atoms in total. The molecule has 0 radical (unpaired) electrons. The van der Waals surface area contributed by atoms with E-state index in [4.69, 9.17) is 5.73 Å². The van der Waals surface area contributed by atoms with Gasteiger partial charge in [-0.25, -0.2) is 0 Å². The number of nitrogens with two attached hydrogens (primary N) is 1. The van der Waals surface area contributed by atoms with E-state index in [1.165, 1.54) is 35.1 Å². The molecular weight excluding hydrogens is 242 g/mol. The summed E-state index contributed by atoms with van der Waals surface area (Å²) in [6.07, 6.45) is 4.57. The van der Waals surface area contributed by atoms with Gasteiger partial charge in [0.15, 0.2) is 0 Å². The minimum absolute atomic E-state index is 0.162. The van der Waals surface area contributed by atoms with Crippen LogP contribution >= 0.6 is 0 Å². The molecule has 0 fully saturated rings. The molecule has 0 aliphatic heterocycles. The van der Waals surface area contributed by atoms with Crippen LogP contribution < -0.4 is 5.73 Å². The third-order valence-corrected chi connectivity index (χ3v) is 4.64. The van der Waals surface area contributed by atoms with Gasteiger partial charge < -0.3 is 5.73 Å². The molecule has 2 aromatic rings. The summed E-state index contributed by atoms with van der Waals surface area (Å²) in [6.45, 7) is 2.20. The van der Waals surface area contributed by atoms with Crippen LogP contribution in [-0.4, -0.2) is 0 Å². The summed E-state index contributed by atoms with van der Waals surface area (Å²) in [7, 11) is 0. The quantitative estimate of drug-likeness (QED) is 0.890. The van der Waals surface area contributed by atoms with E-state index in [1.54, 1.807) is 0 Å². The van der Waals surface area contributed by atoms with Crippen molar-refractivity contribution in [3.8, 4) is 0 Å². The van der Waals surface area contributed by atoms with Gasteiger partial charge in [-0.05, 0) is 53.9 Å². The summed E-state index contributed by atoms with van der Waals surface area (Å²) in [6, 6.07) is 17.8. The minimum atomic E-state index is 0.162. The third kappa shape index (κ3) is 2.64. The Hall–Kier alpha value is -1.60. The van der Waals surface area contributed by atoms with Gasteiger partial charge in [0, 0.05) is 6.04 Å². The van der Waals surface area contributed by atoms with Gasteiger partial charge in [-0.15, -0.1) is 0 Å². The highest BCUT2D eigenvalue weighted by molar-refractivity contribution is 5.32. The fourth-order valence-electron chi connectivity index (χ4n) is 3.33. The van der Waals surface area contributed by atoms with Crippen molar-refractivity contribution >= 4 is 0 Å². The number of rotatable bonds is 3. The molecule has 1 aliphatic carbocycles. The highest BCUT2D eigenvalue weighted by atomic mass is 14.7. The molecule has 0 heterocycles. The largest absolute Gasteiger partial charge is 0.324 e. The van der Waals surface area contributed by atoms with Gasteiger partial charge in [0.2, 0.25) is 0 Å². The van der Waals surface area contributed by atoms with Crippen LogP contribution in [-0.2, 0) is 19.3 Å². The monoisotopic (exact) mass is 265 g/mol. The van der Waals surface area contributed by atoms with Crippen LogP contribution in [0.3, 0.4) is 0 Å². The molecule has 3 rings (SSSR count). The smallest absolute Gasteiger partial charge is 0.0326 e. The third-order valence-electron chi connectivity index (χ3n) is 4.64. The average molecular weight is 265 g/mol. The van der Waals surface area contributed by atoms with Gasteiger partial charge in [-0.3, -0.25) is 0 Å². The summed E-state index contributed by atoms with van der Waals surface area (Å²) in [5.74, 6) is 0.567. The zero-order chi connectivity index (χ0) is 13.9. The van der Waals surface area contributed by atoms with E-state index in [0.717, 1.165) is 12.8 Å². The van der Waals surface area contributed by atoms with Gasteiger partial charge in [0.25, 0.3) is 0 Å². The lowest BCUT2D eigenvalue weighted by molar-refractivity contribution is 0.382. The van der Waals surface area contributed by atoms with Gasteiger partial charge in [0.05, 0.1) is 0 Å². The lowest BCUT2D eigenvalue weighted by Crippen LogP contribution is -2.27. The van der Waals surface area contributed by atoms with Crippen molar-refractivity contribution in [3.05, 3.63) is 70.8 Å². The molecule has 0 aromatic heterocycles. The lowest BCUT2D eigenvalue weighted by atomic mass is 9.78. The van der Waals surface area contributed by atoms with Crippen molar-refractivity contribution in [1.29, 1.82) is 0 Å². The summed E-state index contributed by atoms with van der Waals surface area (Å²) < 4.78 is 0. The molecule has 2 atom stereocenters. The van der Waals surface area contributed by atoms with Gasteiger partial charge in [-0.2, -0.15) is 0 Å². The van der Waals surface area contributed by atoms with E-state index in [0.29, 0.717) is 5.92 Å². The Morgan fingerprint density at radius 3 is 2.70 bits per heavy atom. The van der Waals surface area contributed by atoms with E-state index < -0.39 is 0 Å². The molecule has 104 valence electrons. The molecule has 2 aromatic carbocycles. The second kappa shape index (κ2) is 5.80. The van der Waals surface area contributed by atoms with Gasteiger partial charge in [-0.1, -0.05) is 55.5 Å². The van der Waals surface area contributed by atoms with Gasteiger partial charge >= 0.3 is 0 Å². The maximum atomic E-state index is 6.55. The lowest BCUT2D eigenvalue weighted by Gasteiger charge is -2.29. The molecule has 0 saturated heterocycles. The van der Waals surface area contributed by atoms with Crippen molar-refractivity contribution in [3.63, 3.8) is 0 Å². The normalized spacial score (nSPS) is 19.4. The Labute approximate surface area is 121 Å². The number of fused-ring (bicyclic) bond motifs is 1. The van der Waals surface area contributed by atoms with E-state index in [9.17, 15) is 0 Å². The first-order valence-corrected chi connectivity index (χ1v) is 7.69. The van der Waals surface area contributed by atoms with Crippen LogP contribution in [0.15, 0.2) is 48.5 Å². The van der Waals surface area contributed by atoms with Crippen LogP contribution in [0.2, 0.25) is 0 Å². The molecule has 2 N–H and O–H groups in total. The summed E-state index contributed by atoms with van der Waals surface area (Å²) in [5, 5.41) is 0. The fraction of sp³-hybridized carbons (Fsp3) is 0.368. The van der Waals surface area contributed by atoms with Crippen LogP contribution in [0, 0.1) is 5.92 Å². The van der Waals surface area contributed by atoms with E-state index in [1.807, 2.05) is 0 Å². The minimum Gasteiger partial charge on any atom is -0.324 e. The second-order valence-corrected chi connectivity index (χ2v) is 5.90. The van der Waals surface area contributed by atoms with Crippen molar-refractivity contribution in [2.75, 3.05) is 0 Å². The van der Waals surface area contributed by atoms with Crippen LogP contribution in [0.25, 0.3) is 0 Å². The van der Waals surface area contributed by atoms with E-state index >= 15 is 0 Å². The first-order valence-electron chi connectivity index (χ1n) is 7.69. The molecule has 0 saturated carbocycles. The number of aryl methyl sites for hydroxylation is 2. The predicted octanol–water partition coefficient (Wildman–Crippen LogP) is 4.05.